The number of aliphatic carboxylic acids is 1. The number of carboxylic acid groups (broad SMARTS) is 1. The number of benzene rings is 1. The molecule has 19 heavy (non-hydrogen) atoms. The number of nitrogens with one attached hydrogen (secondary N) is 1. The van der Waals surface area contributed by atoms with Crippen LogP contribution in [0.25, 0.3) is 0 Å². The fourth-order valence-electron chi connectivity index (χ4n) is 1.35. The molecule has 1 aromatic rings. The zero-order valence-corrected chi connectivity index (χ0v) is 12.2. The molecule has 0 aromatic heterocycles. The van der Waals surface area contributed by atoms with Gasteiger partial charge in [0.1, 0.15) is 5.41 Å². The lowest BCUT2D eigenvalue weighted by Gasteiger charge is -2.18. The molecule has 0 saturated heterocycles. The van der Waals surface area contributed by atoms with Gasteiger partial charge in [0.15, 0.2) is 0 Å². The predicted molar refractivity (Wildman–Crippen MR) is 74.6 cm³/mol. The number of amides is 1. The van der Waals surface area contributed by atoms with Crippen LogP contribution in [-0.2, 0) is 16.0 Å². The Kier molecular flexibility index (Phi) is 5.20. The molecule has 1 rings (SSSR count). The standard InChI is InChI=1S/C13H15Cl2NO3/c1-13(2,12(18)19)11(17)16-6-5-8-3-4-9(14)7-10(8)15/h3-4,7H,5-6H2,1-2H3,(H,16,17)(H,18,19). The lowest BCUT2D eigenvalue weighted by Crippen LogP contribution is -2.43. The van der Waals surface area contributed by atoms with E-state index < -0.39 is 17.3 Å². The van der Waals surface area contributed by atoms with Gasteiger partial charge in [0, 0.05) is 16.6 Å². The summed E-state index contributed by atoms with van der Waals surface area (Å²) >= 11 is 11.8. The highest BCUT2D eigenvalue weighted by Crippen LogP contribution is 2.21. The lowest BCUT2D eigenvalue weighted by molar-refractivity contribution is -0.153. The molecule has 0 unspecified atom stereocenters. The van der Waals surface area contributed by atoms with Crippen molar-refractivity contribution in [3.05, 3.63) is 33.8 Å². The number of carbonyl (C=O) groups is 2. The molecule has 1 amide bonds. The number of rotatable bonds is 5. The molecular weight excluding hydrogens is 289 g/mol. The van der Waals surface area contributed by atoms with Gasteiger partial charge in [0.05, 0.1) is 0 Å². The highest BCUT2D eigenvalue weighted by atomic mass is 35.5. The number of hydrogen-bond acceptors (Lipinski definition) is 2. The minimum Gasteiger partial charge on any atom is -0.480 e. The van der Waals surface area contributed by atoms with Gasteiger partial charge in [-0.2, -0.15) is 0 Å². The van der Waals surface area contributed by atoms with Crippen LogP contribution in [0.2, 0.25) is 10.0 Å². The molecule has 0 saturated carbocycles. The van der Waals surface area contributed by atoms with Crippen molar-refractivity contribution in [3.63, 3.8) is 0 Å². The largest absolute Gasteiger partial charge is 0.480 e. The number of carboxylic acids is 1. The quantitative estimate of drug-likeness (QED) is 0.822. The molecule has 0 aliphatic rings. The van der Waals surface area contributed by atoms with Crippen LogP contribution in [-0.4, -0.2) is 23.5 Å². The molecule has 0 radical (unpaired) electrons. The van der Waals surface area contributed by atoms with Crippen LogP contribution in [0.4, 0.5) is 0 Å². The summed E-state index contributed by atoms with van der Waals surface area (Å²) in [5, 5.41) is 12.6. The highest BCUT2D eigenvalue weighted by molar-refractivity contribution is 6.35. The molecule has 0 spiro atoms. The Hall–Kier alpha value is -1.26. The summed E-state index contributed by atoms with van der Waals surface area (Å²) in [6.45, 7) is 3.04. The second kappa shape index (κ2) is 6.26. The maximum Gasteiger partial charge on any atom is 0.318 e. The van der Waals surface area contributed by atoms with Gasteiger partial charge in [0.2, 0.25) is 5.91 Å². The van der Waals surface area contributed by atoms with E-state index in [-0.39, 0.29) is 0 Å². The van der Waals surface area contributed by atoms with Crippen LogP contribution >= 0.6 is 23.2 Å². The van der Waals surface area contributed by atoms with Crippen LogP contribution < -0.4 is 5.32 Å². The van der Waals surface area contributed by atoms with Crippen LogP contribution in [0, 0.1) is 5.41 Å². The van der Waals surface area contributed by atoms with Crippen molar-refractivity contribution >= 4 is 35.1 Å². The van der Waals surface area contributed by atoms with E-state index in [2.05, 4.69) is 5.32 Å². The third-order valence-electron chi connectivity index (χ3n) is 2.80. The van der Waals surface area contributed by atoms with Crippen molar-refractivity contribution in [1.82, 2.24) is 5.32 Å². The third-order valence-corrected chi connectivity index (χ3v) is 3.38. The highest BCUT2D eigenvalue weighted by Gasteiger charge is 2.35. The summed E-state index contributed by atoms with van der Waals surface area (Å²) in [6.07, 6.45) is 0.511. The summed E-state index contributed by atoms with van der Waals surface area (Å²) in [7, 11) is 0. The smallest absolute Gasteiger partial charge is 0.318 e. The molecule has 4 nitrogen and oxygen atoms in total. The second-order valence-corrected chi connectivity index (χ2v) is 5.52. The number of carbonyl (C=O) groups excluding carboxylic acids is 1. The Labute approximate surface area is 121 Å². The topological polar surface area (TPSA) is 66.4 Å². The van der Waals surface area contributed by atoms with E-state index in [1.165, 1.54) is 13.8 Å². The van der Waals surface area contributed by atoms with E-state index in [0.29, 0.717) is 23.0 Å². The van der Waals surface area contributed by atoms with E-state index in [1.807, 2.05) is 0 Å². The van der Waals surface area contributed by atoms with Crippen LogP contribution in [0.3, 0.4) is 0 Å². The van der Waals surface area contributed by atoms with E-state index in [4.69, 9.17) is 28.3 Å². The Bertz CT molecular complexity index is 501. The summed E-state index contributed by atoms with van der Waals surface area (Å²) in [5.41, 5.74) is -0.594. The number of hydrogen-bond donors (Lipinski definition) is 2. The summed E-state index contributed by atoms with van der Waals surface area (Å²) < 4.78 is 0. The minimum atomic E-state index is -1.44. The maximum atomic E-state index is 11.7. The first-order valence-electron chi connectivity index (χ1n) is 5.70. The molecule has 0 heterocycles. The first-order chi connectivity index (χ1) is 8.75. The summed E-state index contributed by atoms with van der Waals surface area (Å²) in [5.74, 6) is -1.68. The van der Waals surface area contributed by atoms with Gasteiger partial charge in [-0.25, -0.2) is 0 Å². The zero-order valence-electron chi connectivity index (χ0n) is 10.7. The Morgan fingerprint density at radius 2 is 1.95 bits per heavy atom. The predicted octanol–water partition coefficient (Wildman–Crippen LogP) is 2.76. The van der Waals surface area contributed by atoms with Gasteiger partial charge in [-0.05, 0) is 38.0 Å². The van der Waals surface area contributed by atoms with Gasteiger partial charge in [-0.3, -0.25) is 9.59 Å². The molecule has 6 heteroatoms. The Balaban J connectivity index is 2.55. The van der Waals surface area contributed by atoms with E-state index in [0.717, 1.165) is 5.56 Å². The monoisotopic (exact) mass is 303 g/mol. The molecule has 1 aromatic carbocycles. The molecule has 104 valence electrons. The van der Waals surface area contributed by atoms with Crippen molar-refractivity contribution in [1.29, 1.82) is 0 Å². The molecule has 2 N–H and O–H groups in total. The van der Waals surface area contributed by atoms with E-state index >= 15 is 0 Å². The SMILES string of the molecule is CC(C)(C(=O)O)C(=O)NCCc1ccc(Cl)cc1Cl. The van der Waals surface area contributed by atoms with Crippen LogP contribution in [0.1, 0.15) is 19.4 Å². The van der Waals surface area contributed by atoms with Crippen molar-refractivity contribution in [2.45, 2.75) is 20.3 Å². The molecule has 0 atom stereocenters. The summed E-state index contributed by atoms with van der Waals surface area (Å²) in [6, 6.07) is 5.12. The third kappa shape index (κ3) is 4.11. The second-order valence-electron chi connectivity index (χ2n) is 4.67. The molecule has 0 aliphatic heterocycles. The molecule has 0 fully saturated rings. The normalized spacial score (nSPS) is 11.2. The fourth-order valence-corrected chi connectivity index (χ4v) is 1.86. The van der Waals surface area contributed by atoms with Gasteiger partial charge in [0.25, 0.3) is 0 Å². The zero-order chi connectivity index (χ0) is 14.6. The van der Waals surface area contributed by atoms with Gasteiger partial charge >= 0.3 is 5.97 Å². The van der Waals surface area contributed by atoms with E-state index in [9.17, 15) is 9.59 Å². The Morgan fingerprint density at radius 3 is 2.47 bits per heavy atom. The van der Waals surface area contributed by atoms with Crippen molar-refractivity contribution in [2.75, 3.05) is 6.54 Å². The summed E-state index contributed by atoms with van der Waals surface area (Å²) in [4.78, 5) is 22.6. The first kappa shape index (κ1) is 15.8. The van der Waals surface area contributed by atoms with Crippen molar-refractivity contribution < 1.29 is 14.7 Å². The fraction of sp³-hybridized carbons (Fsp3) is 0.385. The molecule has 0 bridgehead atoms. The van der Waals surface area contributed by atoms with Crippen LogP contribution in [0.5, 0.6) is 0 Å². The number of halogens is 2. The average molecular weight is 304 g/mol. The van der Waals surface area contributed by atoms with Gasteiger partial charge in [-0.1, -0.05) is 29.3 Å². The van der Waals surface area contributed by atoms with Crippen LogP contribution in [0.15, 0.2) is 18.2 Å². The molecular formula is C13H15Cl2NO3. The van der Waals surface area contributed by atoms with Crippen molar-refractivity contribution in [2.24, 2.45) is 5.41 Å². The van der Waals surface area contributed by atoms with E-state index in [1.54, 1.807) is 18.2 Å². The van der Waals surface area contributed by atoms with Gasteiger partial charge in [-0.15, -0.1) is 0 Å². The van der Waals surface area contributed by atoms with Crippen molar-refractivity contribution in [3.8, 4) is 0 Å². The maximum absolute atomic E-state index is 11.7. The van der Waals surface area contributed by atoms with Gasteiger partial charge < -0.3 is 10.4 Å². The minimum absolute atomic E-state index is 0.316. The average Bonchev–Trinajstić information content (AvgIpc) is 2.31. The first-order valence-corrected chi connectivity index (χ1v) is 6.46. The lowest BCUT2D eigenvalue weighted by atomic mass is 9.92. The Morgan fingerprint density at radius 1 is 1.32 bits per heavy atom. The molecule has 0 aliphatic carbocycles.